The topological polar surface area (TPSA) is 112 Å². The third-order valence-corrected chi connectivity index (χ3v) is 4.03. The normalized spacial score (nSPS) is 13.8. The van der Waals surface area contributed by atoms with Gasteiger partial charge in [-0.15, -0.1) is 5.10 Å². The average molecular weight is 339 g/mol. The minimum Gasteiger partial charge on any atom is -0.347 e. The Kier molecular flexibility index (Phi) is 3.96. The first-order valence-corrected chi connectivity index (χ1v) is 8.12. The van der Waals surface area contributed by atoms with Gasteiger partial charge < -0.3 is 9.84 Å². The van der Waals surface area contributed by atoms with Gasteiger partial charge in [0.25, 0.3) is 0 Å². The molecule has 9 heteroatoms. The van der Waals surface area contributed by atoms with Crippen LogP contribution in [0, 0.1) is 6.92 Å². The van der Waals surface area contributed by atoms with E-state index in [-0.39, 0.29) is 18.9 Å². The summed E-state index contributed by atoms with van der Waals surface area (Å²) in [5, 5.41) is 18.1. The lowest BCUT2D eigenvalue weighted by Crippen LogP contribution is -2.24. The van der Waals surface area contributed by atoms with Gasteiger partial charge in [0.2, 0.25) is 11.8 Å². The van der Waals surface area contributed by atoms with E-state index in [1.54, 1.807) is 4.68 Å². The Labute approximate surface area is 143 Å². The molecule has 1 amide bonds. The van der Waals surface area contributed by atoms with Gasteiger partial charge in [0, 0.05) is 5.92 Å². The molecule has 0 aliphatic heterocycles. The van der Waals surface area contributed by atoms with Crippen molar-refractivity contribution in [3.05, 3.63) is 47.4 Å². The molecule has 0 atom stereocenters. The van der Waals surface area contributed by atoms with Crippen molar-refractivity contribution in [2.45, 2.75) is 38.6 Å². The van der Waals surface area contributed by atoms with Gasteiger partial charge in [-0.3, -0.25) is 4.79 Å². The van der Waals surface area contributed by atoms with Gasteiger partial charge in [-0.2, -0.15) is 9.67 Å². The van der Waals surface area contributed by atoms with E-state index in [0.717, 1.165) is 29.9 Å². The standard InChI is InChI=1S/C16H17N7O2/c1-10-19-21-22-23(10)13-6-2-11(3-7-13)8-14(24)17-9-15-18-16(20-25-15)12-4-5-12/h2-3,6-7,12H,4-5,8-9H2,1H3,(H,17,24). The van der Waals surface area contributed by atoms with Crippen LogP contribution in [-0.4, -0.2) is 36.3 Å². The van der Waals surface area contributed by atoms with Crippen molar-refractivity contribution in [1.29, 1.82) is 0 Å². The first-order chi connectivity index (χ1) is 12.2. The van der Waals surface area contributed by atoms with Crippen LogP contribution in [0.3, 0.4) is 0 Å². The van der Waals surface area contributed by atoms with Crippen molar-refractivity contribution >= 4 is 5.91 Å². The van der Waals surface area contributed by atoms with Gasteiger partial charge in [-0.1, -0.05) is 17.3 Å². The Hall–Kier alpha value is -3.10. The number of tetrazole rings is 1. The third-order valence-electron chi connectivity index (χ3n) is 4.03. The number of rotatable bonds is 6. The van der Waals surface area contributed by atoms with Crippen LogP contribution in [0.2, 0.25) is 0 Å². The summed E-state index contributed by atoms with van der Waals surface area (Å²) in [7, 11) is 0. The highest BCUT2D eigenvalue weighted by Crippen LogP contribution is 2.38. The van der Waals surface area contributed by atoms with Crippen molar-refractivity contribution in [1.82, 2.24) is 35.7 Å². The number of carbonyl (C=O) groups is 1. The molecule has 0 saturated heterocycles. The lowest BCUT2D eigenvalue weighted by Gasteiger charge is -2.05. The highest BCUT2D eigenvalue weighted by atomic mass is 16.5. The maximum Gasteiger partial charge on any atom is 0.246 e. The number of hydrogen-bond acceptors (Lipinski definition) is 7. The molecule has 2 aromatic heterocycles. The SMILES string of the molecule is Cc1nnnn1-c1ccc(CC(=O)NCc2nc(C3CC3)no2)cc1. The van der Waals surface area contributed by atoms with Crippen LogP contribution in [-0.2, 0) is 17.8 Å². The predicted octanol–water partition coefficient (Wildman–Crippen LogP) is 1.09. The smallest absolute Gasteiger partial charge is 0.246 e. The summed E-state index contributed by atoms with van der Waals surface area (Å²) in [5.74, 6) is 2.24. The summed E-state index contributed by atoms with van der Waals surface area (Å²) in [6.07, 6.45) is 2.51. The number of nitrogens with zero attached hydrogens (tertiary/aromatic N) is 6. The molecule has 0 unspecified atom stereocenters. The second-order valence-electron chi connectivity index (χ2n) is 6.08. The molecular formula is C16H17N7O2. The zero-order valence-electron chi connectivity index (χ0n) is 13.7. The summed E-state index contributed by atoms with van der Waals surface area (Å²) in [4.78, 5) is 16.4. The molecular weight excluding hydrogens is 322 g/mol. The molecule has 1 aliphatic carbocycles. The first kappa shape index (κ1) is 15.4. The van der Waals surface area contributed by atoms with Crippen molar-refractivity contribution in [2.75, 3.05) is 0 Å². The second-order valence-corrected chi connectivity index (χ2v) is 6.08. The fraction of sp³-hybridized carbons (Fsp3) is 0.375. The van der Waals surface area contributed by atoms with Crippen LogP contribution in [0.4, 0.5) is 0 Å². The lowest BCUT2D eigenvalue weighted by molar-refractivity contribution is -0.120. The van der Waals surface area contributed by atoms with Gasteiger partial charge in [-0.25, -0.2) is 0 Å². The first-order valence-electron chi connectivity index (χ1n) is 8.12. The minimum absolute atomic E-state index is 0.0995. The van der Waals surface area contributed by atoms with Gasteiger partial charge in [0.15, 0.2) is 11.6 Å². The Morgan fingerprint density at radius 2 is 2.12 bits per heavy atom. The van der Waals surface area contributed by atoms with E-state index in [1.165, 1.54) is 0 Å². The Morgan fingerprint density at radius 1 is 1.32 bits per heavy atom. The Balaban J connectivity index is 1.31. The quantitative estimate of drug-likeness (QED) is 0.715. The number of hydrogen-bond donors (Lipinski definition) is 1. The molecule has 9 nitrogen and oxygen atoms in total. The minimum atomic E-state index is -0.0995. The van der Waals surface area contributed by atoms with Crippen LogP contribution >= 0.6 is 0 Å². The molecule has 1 aliphatic rings. The number of nitrogens with one attached hydrogen (secondary N) is 1. The molecule has 0 spiro atoms. The summed E-state index contributed by atoms with van der Waals surface area (Å²) in [6, 6.07) is 7.53. The van der Waals surface area contributed by atoms with Crippen LogP contribution < -0.4 is 5.32 Å². The predicted molar refractivity (Wildman–Crippen MR) is 85.7 cm³/mol. The molecule has 128 valence electrons. The van der Waals surface area contributed by atoms with Gasteiger partial charge in [0.1, 0.15) is 0 Å². The van der Waals surface area contributed by atoms with Crippen molar-refractivity contribution < 1.29 is 9.32 Å². The molecule has 3 aromatic rings. The maximum atomic E-state index is 12.1. The van der Waals surface area contributed by atoms with E-state index < -0.39 is 0 Å². The van der Waals surface area contributed by atoms with Crippen LogP contribution in [0.25, 0.3) is 5.69 Å². The van der Waals surface area contributed by atoms with Gasteiger partial charge in [-0.05, 0) is 47.9 Å². The Morgan fingerprint density at radius 3 is 2.80 bits per heavy atom. The van der Waals surface area contributed by atoms with Gasteiger partial charge >= 0.3 is 0 Å². The maximum absolute atomic E-state index is 12.1. The largest absolute Gasteiger partial charge is 0.347 e. The van der Waals surface area contributed by atoms with Crippen molar-refractivity contribution in [3.63, 3.8) is 0 Å². The fourth-order valence-electron chi connectivity index (χ4n) is 2.49. The number of amides is 1. The highest BCUT2D eigenvalue weighted by Gasteiger charge is 2.28. The molecule has 2 heterocycles. The number of benzene rings is 1. The van der Waals surface area contributed by atoms with Crippen LogP contribution in [0.15, 0.2) is 28.8 Å². The second kappa shape index (κ2) is 6.42. The average Bonchev–Trinajstić information content (AvgIpc) is 3.20. The molecule has 4 rings (SSSR count). The highest BCUT2D eigenvalue weighted by molar-refractivity contribution is 5.78. The van der Waals surface area contributed by atoms with Crippen LogP contribution in [0.1, 0.15) is 41.9 Å². The molecule has 1 saturated carbocycles. The molecule has 1 N–H and O–H groups in total. The van der Waals surface area contributed by atoms with Crippen molar-refractivity contribution in [3.8, 4) is 5.69 Å². The number of aromatic nitrogens is 6. The van der Waals surface area contributed by atoms with Crippen LogP contribution in [0.5, 0.6) is 0 Å². The number of aryl methyl sites for hydroxylation is 1. The van der Waals surface area contributed by atoms with E-state index in [2.05, 4.69) is 31.0 Å². The summed E-state index contributed by atoms with van der Waals surface area (Å²) in [6.45, 7) is 2.08. The summed E-state index contributed by atoms with van der Waals surface area (Å²) < 4.78 is 6.77. The van der Waals surface area contributed by atoms with E-state index >= 15 is 0 Å². The molecule has 0 radical (unpaired) electrons. The zero-order chi connectivity index (χ0) is 17.2. The molecule has 25 heavy (non-hydrogen) atoms. The zero-order valence-corrected chi connectivity index (χ0v) is 13.7. The molecule has 0 bridgehead atoms. The molecule has 1 fully saturated rings. The van der Waals surface area contributed by atoms with Gasteiger partial charge in [0.05, 0.1) is 18.7 Å². The van der Waals surface area contributed by atoms with Crippen molar-refractivity contribution in [2.24, 2.45) is 0 Å². The summed E-state index contributed by atoms with van der Waals surface area (Å²) in [5.41, 5.74) is 1.75. The van der Waals surface area contributed by atoms with E-state index in [0.29, 0.717) is 17.6 Å². The molecule has 1 aromatic carbocycles. The third kappa shape index (κ3) is 3.54. The lowest BCUT2D eigenvalue weighted by atomic mass is 10.1. The van der Waals surface area contributed by atoms with E-state index in [9.17, 15) is 4.79 Å². The summed E-state index contributed by atoms with van der Waals surface area (Å²) >= 11 is 0. The number of carbonyl (C=O) groups excluding carboxylic acids is 1. The fourth-order valence-corrected chi connectivity index (χ4v) is 2.49. The monoisotopic (exact) mass is 339 g/mol. The Bertz CT molecular complexity index is 880. The van der Waals surface area contributed by atoms with E-state index in [1.807, 2.05) is 31.2 Å². The van der Waals surface area contributed by atoms with E-state index in [4.69, 9.17) is 4.52 Å².